The van der Waals surface area contributed by atoms with E-state index in [1.807, 2.05) is 18.2 Å². The van der Waals surface area contributed by atoms with E-state index in [1.165, 1.54) is 4.31 Å². The summed E-state index contributed by atoms with van der Waals surface area (Å²) in [5.74, 6) is 1.63. The number of aliphatic hydroxyl groups excluding tert-OH is 1. The van der Waals surface area contributed by atoms with Crippen molar-refractivity contribution in [3.8, 4) is 22.8 Å². The van der Waals surface area contributed by atoms with Gasteiger partial charge in [-0.15, -0.1) is 0 Å². The van der Waals surface area contributed by atoms with Gasteiger partial charge in [0, 0.05) is 18.7 Å². The summed E-state index contributed by atoms with van der Waals surface area (Å²) >= 11 is 0. The van der Waals surface area contributed by atoms with Gasteiger partial charge in [0.2, 0.25) is 22.7 Å². The van der Waals surface area contributed by atoms with Crippen molar-refractivity contribution < 1.29 is 27.8 Å². The molecular weight excluding hydrogens is 482 g/mol. The van der Waals surface area contributed by atoms with Crippen molar-refractivity contribution in [1.29, 1.82) is 0 Å². The lowest BCUT2D eigenvalue weighted by molar-refractivity contribution is -0.118. The van der Waals surface area contributed by atoms with Crippen molar-refractivity contribution in [2.75, 3.05) is 25.2 Å². The highest BCUT2D eigenvalue weighted by atomic mass is 32.2. The molecule has 6 rings (SSSR count). The zero-order chi connectivity index (χ0) is 24.9. The number of nitrogens with one attached hydrogen (secondary N) is 1. The molecule has 2 aliphatic heterocycles. The second-order valence-corrected chi connectivity index (χ2v) is 11.3. The first-order valence-corrected chi connectivity index (χ1v) is 13.3. The number of sulfonamides is 1. The van der Waals surface area contributed by atoms with E-state index in [0.717, 1.165) is 24.0 Å². The van der Waals surface area contributed by atoms with Crippen LogP contribution in [0.15, 0.2) is 65.6 Å². The quantitative estimate of drug-likeness (QED) is 0.527. The Balaban J connectivity index is 1.19. The Bertz CT molecular complexity index is 1440. The van der Waals surface area contributed by atoms with Crippen LogP contribution in [0.3, 0.4) is 0 Å². The van der Waals surface area contributed by atoms with Gasteiger partial charge >= 0.3 is 0 Å². The Labute approximate surface area is 208 Å². The van der Waals surface area contributed by atoms with E-state index in [1.54, 1.807) is 42.5 Å². The molecule has 3 aliphatic rings. The average Bonchev–Trinajstić information content (AvgIpc) is 3.35. The fourth-order valence-corrected chi connectivity index (χ4v) is 6.24. The normalized spacial score (nSPS) is 20.3. The molecule has 9 nitrogen and oxygen atoms in total. The molecule has 1 saturated heterocycles. The molecule has 0 bridgehead atoms. The highest BCUT2D eigenvalue weighted by molar-refractivity contribution is 7.89. The molecule has 1 atom stereocenters. The number of ether oxygens (including phenoxy) is 2. The van der Waals surface area contributed by atoms with Crippen LogP contribution in [0.5, 0.6) is 11.5 Å². The first-order valence-electron chi connectivity index (χ1n) is 11.8. The molecule has 186 valence electrons. The maximum absolute atomic E-state index is 13.2. The van der Waals surface area contributed by atoms with Crippen LogP contribution >= 0.6 is 0 Å². The van der Waals surface area contributed by atoms with Gasteiger partial charge in [-0.25, -0.2) is 13.4 Å². The average molecular weight is 508 g/mol. The summed E-state index contributed by atoms with van der Waals surface area (Å²) in [7, 11) is -3.66. The zero-order valence-corrected chi connectivity index (χ0v) is 20.2. The monoisotopic (exact) mass is 507 g/mol. The molecule has 1 aliphatic carbocycles. The lowest BCUT2D eigenvalue weighted by atomic mass is 9.94. The predicted octanol–water partition coefficient (Wildman–Crippen LogP) is 2.90. The Morgan fingerprint density at radius 1 is 1.06 bits per heavy atom. The number of carbonyl (C=O) groups is 1. The topological polar surface area (TPSA) is 118 Å². The Kier molecular flexibility index (Phi) is 5.47. The fourth-order valence-electron chi connectivity index (χ4n) is 4.74. The molecule has 1 aromatic heterocycles. The van der Waals surface area contributed by atoms with Crippen LogP contribution < -0.4 is 14.8 Å². The van der Waals surface area contributed by atoms with Crippen LogP contribution in [0.2, 0.25) is 0 Å². The van der Waals surface area contributed by atoms with E-state index in [0.29, 0.717) is 36.0 Å². The smallest absolute Gasteiger partial charge is 0.243 e. The Hall–Kier alpha value is -3.47. The number of nitrogens with zero attached hydrogens (tertiary/aromatic N) is 2. The van der Waals surface area contributed by atoms with Gasteiger partial charge < -0.3 is 19.9 Å². The summed E-state index contributed by atoms with van der Waals surface area (Å²) in [6.45, 7) is 0.604. The van der Waals surface area contributed by atoms with Crippen molar-refractivity contribution in [2.45, 2.75) is 35.7 Å². The van der Waals surface area contributed by atoms with Gasteiger partial charge in [0.05, 0.1) is 22.1 Å². The molecule has 1 amide bonds. The van der Waals surface area contributed by atoms with Gasteiger partial charge in [-0.2, -0.15) is 4.31 Å². The number of hydrogen-bond donors (Lipinski definition) is 2. The number of hydrogen-bond acceptors (Lipinski definition) is 7. The molecule has 2 aromatic carbocycles. The number of anilines is 1. The van der Waals surface area contributed by atoms with Gasteiger partial charge in [0.1, 0.15) is 5.82 Å². The number of carbonyl (C=O) groups excluding carboxylic acids is 1. The van der Waals surface area contributed by atoms with E-state index in [9.17, 15) is 18.3 Å². The third kappa shape index (κ3) is 4.01. The summed E-state index contributed by atoms with van der Waals surface area (Å²) in [6, 6.07) is 17.4. The molecule has 1 saturated carbocycles. The SMILES string of the molecule is O=C(Nc1cccc(-c2ccc(S(=O)(=O)N3CCC(O)C3)cc2)n1)C1(c2ccc3c(c2)OCO3)CC1. The minimum absolute atomic E-state index is 0.112. The lowest BCUT2D eigenvalue weighted by Gasteiger charge is -2.17. The standard InChI is InChI=1S/C26H25N3O6S/c30-19-10-13-29(15-19)36(32,33)20-7-4-17(5-8-20)21-2-1-3-24(27-21)28-25(31)26(11-12-26)18-6-9-22-23(14-18)35-16-34-22/h1-9,14,19,30H,10-13,15-16H2,(H,27,28,31). The molecule has 2 N–H and O–H groups in total. The largest absolute Gasteiger partial charge is 0.454 e. The molecule has 36 heavy (non-hydrogen) atoms. The number of pyridine rings is 1. The lowest BCUT2D eigenvalue weighted by Crippen LogP contribution is -2.29. The van der Waals surface area contributed by atoms with Crippen LogP contribution in [0, 0.1) is 0 Å². The van der Waals surface area contributed by atoms with E-state index in [4.69, 9.17) is 9.47 Å². The molecule has 1 unspecified atom stereocenters. The van der Waals surface area contributed by atoms with Crippen molar-refractivity contribution >= 4 is 21.7 Å². The van der Waals surface area contributed by atoms with Crippen LogP contribution in [-0.4, -0.2) is 54.7 Å². The zero-order valence-electron chi connectivity index (χ0n) is 19.4. The number of rotatable bonds is 6. The second-order valence-electron chi connectivity index (χ2n) is 9.34. The van der Waals surface area contributed by atoms with Crippen molar-refractivity contribution in [1.82, 2.24) is 9.29 Å². The number of amides is 1. The first kappa shape index (κ1) is 23.0. The molecule has 0 spiro atoms. The summed E-state index contributed by atoms with van der Waals surface area (Å²) in [4.78, 5) is 18.0. The number of aliphatic hydroxyl groups is 1. The van der Waals surface area contributed by atoms with Crippen molar-refractivity contribution in [2.24, 2.45) is 0 Å². The third-order valence-electron chi connectivity index (χ3n) is 7.01. The van der Waals surface area contributed by atoms with Crippen molar-refractivity contribution in [3.63, 3.8) is 0 Å². The number of aromatic nitrogens is 1. The van der Waals surface area contributed by atoms with Gasteiger partial charge in [0.25, 0.3) is 0 Å². The van der Waals surface area contributed by atoms with Gasteiger partial charge in [-0.3, -0.25) is 4.79 Å². The maximum Gasteiger partial charge on any atom is 0.243 e. The van der Waals surface area contributed by atoms with Crippen LogP contribution in [0.4, 0.5) is 5.82 Å². The van der Waals surface area contributed by atoms with Crippen LogP contribution in [0.25, 0.3) is 11.3 Å². The summed E-state index contributed by atoms with van der Waals surface area (Å²) in [5, 5.41) is 12.6. The molecule has 3 aromatic rings. The Morgan fingerprint density at radius 2 is 1.83 bits per heavy atom. The minimum atomic E-state index is -3.66. The Morgan fingerprint density at radius 3 is 2.56 bits per heavy atom. The van der Waals surface area contributed by atoms with E-state index in [2.05, 4.69) is 10.3 Å². The van der Waals surface area contributed by atoms with E-state index >= 15 is 0 Å². The van der Waals surface area contributed by atoms with Gasteiger partial charge in [-0.1, -0.05) is 24.3 Å². The fraction of sp³-hybridized carbons (Fsp3) is 0.308. The first-order chi connectivity index (χ1) is 17.3. The number of fused-ring (bicyclic) bond motifs is 1. The highest BCUT2D eigenvalue weighted by Crippen LogP contribution is 2.51. The number of β-amino-alcohol motifs (C(OH)–C–C–N with tert-alkyl or cyclic N) is 1. The highest BCUT2D eigenvalue weighted by Gasteiger charge is 2.51. The third-order valence-corrected chi connectivity index (χ3v) is 8.89. The number of benzene rings is 2. The minimum Gasteiger partial charge on any atom is -0.454 e. The predicted molar refractivity (Wildman–Crippen MR) is 131 cm³/mol. The van der Waals surface area contributed by atoms with Crippen LogP contribution in [0.1, 0.15) is 24.8 Å². The van der Waals surface area contributed by atoms with Gasteiger partial charge in [-0.05, 0) is 61.2 Å². The second kappa shape index (κ2) is 8.58. The maximum atomic E-state index is 13.2. The molecular formula is C26H25N3O6S. The summed E-state index contributed by atoms with van der Waals surface area (Å²) in [5.41, 5.74) is 1.62. The van der Waals surface area contributed by atoms with E-state index in [-0.39, 0.29) is 24.1 Å². The van der Waals surface area contributed by atoms with Gasteiger partial charge in [0.15, 0.2) is 11.5 Å². The van der Waals surface area contributed by atoms with Crippen LogP contribution in [-0.2, 0) is 20.2 Å². The van der Waals surface area contributed by atoms with Crippen molar-refractivity contribution in [3.05, 3.63) is 66.2 Å². The molecule has 3 heterocycles. The summed E-state index contributed by atoms with van der Waals surface area (Å²) < 4.78 is 37.8. The van der Waals surface area contributed by atoms with E-state index < -0.39 is 21.5 Å². The molecule has 0 radical (unpaired) electrons. The molecule has 2 fully saturated rings. The summed E-state index contributed by atoms with van der Waals surface area (Å²) in [6.07, 6.45) is 1.29. The molecule has 10 heteroatoms.